The molecule has 3 aliphatic rings. The molecule has 0 spiro atoms. The molecule has 2 aromatic heterocycles. The Morgan fingerprint density at radius 1 is 1.27 bits per heavy atom. The first kappa shape index (κ1) is 23.9. The summed E-state index contributed by atoms with van der Waals surface area (Å²) in [4.78, 5) is 21.3. The van der Waals surface area contributed by atoms with Gasteiger partial charge in [0.2, 0.25) is 0 Å². The molecule has 1 aromatic carbocycles. The van der Waals surface area contributed by atoms with Crippen LogP contribution in [0.25, 0.3) is 11.8 Å². The molecule has 0 saturated carbocycles. The number of ether oxygens (including phenoxy) is 1. The van der Waals surface area contributed by atoms with E-state index in [0.29, 0.717) is 35.2 Å². The standard InChI is InChI=1S/C27H31N5O4Si/c1-4-27(35)21-11-22-24(25(33)20(21)13-36-26(27)34)32-12-19-17(6-5-7-18(19)10-23(32)30-22)8-9-37(2,3)16-31-15-28-14-29-31/h5-7,10,14-15,33,35H,4,8-9,11-13,16H2,1-3H3/t27-/m0/s1. The van der Waals surface area contributed by atoms with Crippen molar-refractivity contribution in [3.63, 3.8) is 0 Å². The summed E-state index contributed by atoms with van der Waals surface area (Å²) >= 11 is 0. The molecular formula is C27H31N5O4Si. The molecule has 4 heterocycles. The lowest BCUT2D eigenvalue weighted by Gasteiger charge is -2.35. The predicted octanol–water partition coefficient (Wildman–Crippen LogP) is 1.37. The average molecular weight is 518 g/mol. The highest BCUT2D eigenvalue weighted by Crippen LogP contribution is 2.36. The van der Waals surface area contributed by atoms with Crippen molar-refractivity contribution in [2.45, 2.75) is 63.6 Å². The van der Waals surface area contributed by atoms with Gasteiger partial charge in [0.25, 0.3) is 0 Å². The van der Waals surface area contributed by atoms with Crippen LogP contribution in [0.5, 0.6) is 0 Å². The monoisotopic (exact) mass is 517 g/mol. The van der Waals surface area contributed by atoms with E-state index in [1.165, 1.54) is 11.1 Å². The molecule has 3 aromatic rings. The zero-order chi connectivity index (χ0) is 25.9. The first-order valence-corrected chi connectivity index (χ1v) is 16.2. The van der Waals surface area contributed by atoms with Crippen LogP contribution in [0.15, 0.2) is 42.0 Å². The number of hydrogen-bond acceptors (Lipinski definition) is 7. The first-order valence-electron chi connectivity index (χ1n) is 12.8. The highest BCUT2D eigenvalue weighted by molar-refractivity contribution is 6.76. The van der Waals surface area contributed by atoms with Gasteiger partial charge in [0, 0.05) is 18.2 Å². The molecule has 0 bridgehead atoms. The smallest absolute Gasteiger partial charge is 0.342 e. The van der Waals surface area contributed by atoms with Crippen molar-refractivity contribution in [3.8, 4) is 0 Å². The third-order valence-electron chi connectivity index (χ3n) is 8.02. The van der Waals surface area contributed by atoms with Gasteiger partial charge in [-0.25, -0.2) is 14.8 Å². The summed E-state index contributed by atoms with van der Waals surface area (Å²) in [7, 11) is -1.56. The zero-order valence-corrected chi connectivity index (χ0v) is 22.4. The summed E-state index contributed by atoms with van der Waals surface area (Å²) < 4.78 is 9.26. The summed E-state index contributed by atoms with van der Waals surface area (Å²) in [5, 5.41) is 27.4. The molecule has 10 heteroatoms. The second-order valence-corrected chi connectivity index (χ2v) is 16.2. The van der Waals surface area contributed by atoms with E-state index in [4.69, 9.17) is 9.72 Å². The number of nitrogens with zero attached hydrogens (tertiary/aromatic N) is 5. The lowest BCUT2D eigenvalue weighted by Crippen LogP contribution is -2.49. The molecule has 192 valence electrons. The number of aliphatic hydroxyl groups is 2. The van der Waals surface area contributed by atoms with Gasteiger partial charge in [-0.15, -0.1) is 0 Å². The number of cyclic esters (lactones) is 1. The highest BCUT2D eigenvalue weighted by atomic mass is 28.3. The van der Waals surface area contributed by atoms with Crippen LogP contribution >= 0.6 is 0 Å². The number of benzene rings is 1. The molecular weight excluding hydrogens is 486 g/mol. The molecule has 9 nitrogen and oxygen atoms in total. The maximum absolute atomic E-state index is 12.4. The SMILES string of the molecule is CC[C@@]1(O)C(=O)OCC2=C1Cc1nc3n(c1=C2O)Cc1c(cccc1CC[Si](C)(C)Cn1cncn1)C=3. The van der Waals surface area contributed by atoms with Gasteiger partial charge in [-0.1, -0.05) is 44.3 Å². The average Bonchev–Trinajstić information content (AvgIpc) is 3.51. The van der Waals surface area contributed by atoms with Crippen LogP contribution < -0.4 is 10.8 Å². The second-order valence-electron chi connectivity index (χ2n) is 11.0. The van der Waals surface area contributed by atoms with Crippen molar-refractivity contribution >= 4 is 25.9 Å². The molecule has 37 heavy (non-hydrogen) atoms. The van der Waals surface area contributed by atoms with Gasteiger partial charge in [0.1, 0.15) is 35.8 Å². The van der Waals surface area contributed by atoms with E-state index in [-0.39, 0.29) is 18.8 Å². The van der Waals surface area contributed by atoms with E-state index in [9.17, 15) is 15.0 Å². The number of aromatic nitrogens is 5. The Bertz CT molecular complexity index is 1570. The molecule has 6 rings (SSSR count). The minimum absolute atomic E-state index is 0.0424. The maximum Gasteiger partial charge on any atom is 0.342 e. The van der Waals surface area contributed by atoms with Gasteiger partial charge >= 0.3 is 5.97 Å². The number of rotatable bonds is 6. The summed E-state index contributed by atoms with van der Waals surface area (Å²) in [6.07, 6.45) is 7.84. The molecule has 1 aliphatic carbocycles. The van der Waals surface area contributed by atoms with E-state index in [1.807, 2.05) is 4.68 Å². The molecule has 0 fully saturated rings. The molecule has 1 atom stereocenters. The van der Waals surface area contributed by atoms with Gasteiger partial charge in [0.05, 0.1) is 20.3 Å². The Balaban J connectivity index is 1.35. The quantitative estimate of drug-likeness (QED) is 0.293. The first-order chi connectivity index (χ1) is 17.7. The minimum atomic E-state index is -1.73. The number of imidazole rings is 1. The summed E-state index contributed by atoms with van der Waals surface area (Å²) in [6.45, 7) is 7.07. The third-order valence-corrected chi connectivity index (χ3v) is 10.8. The maximum atomic E-state index is 12.4. The van der Waals surface area contributed by atoms with Crippen LogP contribution in [-0.2, 0) is 35.1 Å². The van der Waals surface area contributed by atoms with Crippen molar-refractivity contribution in [3.05, 3.63) is 75.2 Å². The van der Waals surface area contributed by atoms with E-state index in [0.717, 1.165) is 29.7 Å². The lowest BCUT2D eigenvalue weighted by molar-refractivity contribution is -0.163. The van der Waals surface area contributed by atoms with Crippen LogP contribution in [0, 0.1) is 0 Å². The lowest BCUT2D eigenvalue weighted by atomic mass is 9.80. The Morgan fingerprint density at radius 2 is 2.11 bits per heavy atom. The fraction of sp³-hybridized carbons (Fsp3) is 0.407. The van der Waals surface area contributed by atoms with Gasteiger partial charge in [-0.2, -0.15) is 5.10 Å². The number of esters is 1. The highest BCUT2D eigenvalue weighted by Gasteiger charge is 2.47. The van der Waals surface area contributed by atoms with Crippen LogP contribution in [0.2, 0.25) is 19.1 Å². The number of aryl methyl sites for hydroxylation is 1. The van der Waals surface area contributed by atoms with Gasteiger partial charge in [0.15, 0.2) is 5.60 Å². The number of carbonyl (C=O) groups is 1. The van der Waals surface area contributed by atoms with E-state index >= 15 is 0 Å². The van der Waals surface area contributed by atoms with Crippen LogP contribution in [0.1, 0.15) is 35.7 Å². The van der Waals surface area contributed by atoms with Gasteiger partial charge in [-0.05, 0) is 41.2 Å². The van der Waals surface area contributed by atoms with Crippen LogP contribution in [-0.4, -0.2) is 60.8 Å². The largest absolute Gasteiger partial charge is 0.505 e. The molecule has 2 aliphatic heterocycles. The summed E-state index contributed by atoms with van der Waals surface area (Å²) in [5.41, 5.74) is 4.42. The van der Waals surface area contributed by atoms with Crippen molar-refractivity contribution < 1.29 is 19.7 Å². The van der Waals surface area contributed by atoms with E-state index in [1.54, 1.807) is 19.6 Å². The van der Waals surface area contributed by atoms with Crippen molar-refractivity contribution in [2.24, 2.45) is 0 Å². The van der Waals surface area contributed by atoms with Crippen molar-refractivity contribution in [1.82, 2.24) is 24.3 Å². The molecule has 2 N–H and O–H groups in total. The Labute approximate surface area is 215 Å². The molecule has 0 radical (unpaired) electrons. The second kappa shape index (κ2) is 8.52. The van der Waals surface area contributed by atoms with Gasteiger partial charge < -0.3 is 19.5 Å². The number of aliphatic hydroxyl groups excluding tert-OH is 1. The fourth-order valence-electron chi connectivity index (χ4n) is 5.85. The molecule has 0 saturated heterocycles. The predicted molar refractivity (Wildman–Crippen MR) is 140 cm³/mol. The Hall–Kier alpha value is -3.50. The van der Waals surface area contributed by atoms with Crippen molar-refractivity contribution in [2.75, 3.05) is 6.61 Å². The summed E-state index contributed by atoms with van der Waals surface area (Å²) in [6, 6.07) is 7.53. The topological polar surface area (TPSA) is 115 Å². The number of fused-ring (bicyclic) bond motifs is 4. The molecule has 0 amide bonds. The third kappa shape index (κ3) is 3.86. The number of carbonyl (C=O) groups excluding carboxylic acids is 1. The van der Waals surface area contributed by atoms with Crippen molar-refractivity contribution in [1.29, 1.82) is 0 Å². The van der Waals surface area contributed by atoms with Gasteiger partial charge in [-0.3, -0.25) is 4.68 Å². The van der Waals surface area contributed by atoms with Crippen LogP contribution in [0.3, 0.4) is 0 Å². The normalized spacial score (nSPS) is 20.5. The number of hydrogen-bond donors (Lipinski definition) is 2. The Kier molecular flexibility index (Phi) is 5.50. The minimum Gasteiger partial charge on any atom is -0.505 e. The van der Waals surface area contributed by atoms with E-state index in [2.05, 4.69) is 52.0 Å². The van der Waals surface area contributed by atoms with E-state index < -0.39 is 19.6 Å². The fourth-order valence-corrected chi connectivity index (χ4v) is 7.99. The zero-order valence-electron chi connectivity index (χ0n) is 21.4. The molecule has 0 unspecified atom stereocenters. The Morgan fingerprint density at radius 3 is 2.86 bits per heavy atom. The summed E-state index contributed by atoms with van der Waals surface area (Å²) in [5.74, 6) is -0.613. The van der Waals surface area contributed by atoms with Crippen LogP contribution in [0.4, 0.5) is 0 Å².